The second kappa shape index (κ2) is 7.24. The van der Waals surface area contributed by atoms with Gasteiger partial charge in [-0.25, -0.2) is 0 Å². The number of likely N-dealkylation sites (N-methyl/N-ethyl adjacent to an activating group) is 1. The summed E-state index contributed by atoms with van der Waals surface area (Å²) in [6.45, 7) is 3.74. The number of hydrogen-bond acceptors (Lipinski definition) is 2. The van der Waals surface area contributed by atoms with Crippen molar-refractivity contribution in [3.8, 4) is 5.75 Å². The minimum Gasteiger partial charge on any atom is -1.00 e. The monoisotopic (exact) mass is 264 g/mol. The molecule has 0 radical (unpaired) electrons. The molecular weight excluding hydrogens is 246 g/mol. The van der Waals surface area contributed by atoms with E-state index in [9.17, 15) is 0 Å². The number of rotatable bonds is 5. The van der Waals surface area contributed by atoms with E-state index in [0.29, 0.717) is 6.61 Å². The summed E-state index contributed by atoms with van der Waals surface area (Å²) in [5.74, 6) is 1.04. The Balaban J connectivity index is 0.00000162. The fourth-order valence-electron chi connectivity index (χ4n) is 1.99. The molecule has 1 N–H and O–H groups in total. The molecule has 18 heavy (non-hydrogen) atoms. The van der Waals surface area contributed by atoms with Crippen LogP contribution in [0.1, 0.15) is 12.5 Å². The minimum absolute atomic E-state index is 0. The van der Waals surface area contributed by atoms with Crippen molar-refractivity contribution in [2.45, 2.75) is 13.3 Å². The molecule has 2 aromatic rings. The van der Waals surface area contributed by atoms with Crippen LogP contribution >= 0.6 is 0 Å². The zero-order valence-corrected chi connectivity index (χ0v) is 11.6. The van der Waals surface area contributed by atoms with Crippen LogP contribution < -0.4 is 22.5 Å². The van der Waals surface area contributed by atoms with E-state index in [0.717, 1.165) is 18.7 Å². The molecule has 0 amide bonds. The third kappa shape index (κ3) is 3.15. The molecule has 0 saturated carbocycles. The van der Waals surface area contributed by atoms with Gasteiger partial charge >= 0.3 is 0 Å². The van der Waals surface area contributed by atoms with E-state index in [1.165, 1.54) is 16.3 Å². The molecule has 0 fully saturated rings. The molecule has 0 saturated heterocycles. The van der Waals surface area contributed by atoms with Crippen LogP contribution in [0.5, 0.6) is 5.75 Å². The molecule has 0 aliphatic carbocycles. The summed E-state index contributed by atoms with van der Waals surface area (Å²) >= 11 is 0. The first-order chi connectivity index (χ1) is 8.36. The van der Waals surface area contributed by atoms with Crippen molar-refractivity contribution in [2.24, 2.45) is 0 Å². The summed E-state index contributed by atoms with van der Waals surface area (Å²) in [4.78, 5) is 0. The molecule has 2 rings (SSSR count). The molecule has 0 aromatic heterocycles. The Morgan fingerprint density at radius 2 is 1.89 bits per heavy atom. The van der Waals surface area contributed by atoms with Crippen LogP contribution in [0.4, 0.5) is 0 Å². The van der Waals surface area contributed by atoms with Gasteiger partial charge in [0.15, 0.2) is 0 Å². The quantitative estimate of drug-likeness (QED) is 0.768. The third-order valence-electron chi connectivity index (χ3n) is 2.94. The van der Waals surface area contributed by atoms with Gasteiger partial charge < -0.3 is 22.5 Å². The number of ether oxygens (including phenoxy) is 1. The summed E-state index contributed by atoms with van der Waals surface area (Å²) in [6, 6.07) is 12.7. The van der Waals surface area contributed by atoms with Gasteiger partial charge in [-0.2, -0.15) is 0 Å². The van der Waals surface area contributed by atoms with Crippen LogP contribution in [0.15, 0.2) is 36.4 Å². The Kier molecular flexibility index (Phi) is 5.96. The Labute approximate surface area is 115 Å². The molecule has 0 atom stereocenters. The minimum atomic E-state index is 0. The first-order valence-electron chi connectivity index (χ1n) is 6.15. The van der Waals surface area contributed by atoms with E-state index in [1.807, 2.05) is 7.05 Å². The van der Waals surface area contributed by atoms with Gasteiger partial charge in [0.05, 0.1) is 0 Å². The number of benzene rings is 2. The average molecular weight is 265 g/mol. The van der Waals surface area contributed by atoms with Crippen molar-refractivity contribution in [3.63, 3.8) is 0 Å². The fourth-order valence-corrected chi connectivity index (χ4v) is 1.99. The Bertz CT molecular complexity index is 499. The molecule has 0 aliphatic heterocycles. The summed E-state index contributed by atoms with van der Waals surface area (Å²) in [5, 5.41) is 5.55. The highest BCUT2D eigenvalue weighted by atomic mass is 35.5. The molecular formula is C15H19ClNO-. The second-order valence-electron chi connectivity index (χ2n) is 4.08. The maximum atomic E-state index is 5.92. The molecule has 98 valence electrons. The largest absolute Gasteiger partial charge is 1.00 e. The van der Waals surface area contributed by atoms with Gasteiger partial charge in [-0.15, -0.1) is 0 Å². The molecule has 0 aliphatic rings. The number of nitrogens with one attached hydrogen (secondary N) is 1. The summed E-state index contributed by atoms with van der Waals surface area (Å²) in [5.41, 5.74) is 1.28. The molecule has 0 bridgehead atoms. The standard InChI is InChI=1S/C15H19NO.ClH/c1-3-12-8-9-13-6-4-5-7-14(13)15(12)17-11-10-16-2;/h4-9,16H,3,10-11H2,1-2H3;1H/p-1. The van der Waals surface area contributed by atoms with Crippen molar-refractivity contribution in [2.75, 3.05) is 20.2 Å². The highest BCUT2D eigenvalue weighted by Crippen LogP contribution is 2.30. The van der Waals surface area contributed by atoms with Crippen LogP contribution in [0.3, 0.4) is 0 Å². The lowest BCUT2D eigenvalue weighted by molar-refractivity contribution is -0.00000388. The van der Waals surface area contributed by atoms with Crippen LogP contribution in [-0.2, 0) is 6.42 Å². The fraction of sp³-hybridized carbons (Fsp3) is 0.333. The zero-order valence-electron chi connectivity index (χ0n) is 10.9. The van der Waals surface area contributed by atoms with Gasteiger partial charge in [0.25, 0.3) is 0 Å². The number of halogens is 1. The number of fused-ring (bicyclic) bond motifs is 1. The lowest BCUT2D eigenvalue weighted by atomic mass is 10.0. The van der Waals surface area contributed by atoms with Crippen molar-refractivity contribution in [1.29, 1.82) is 0 Å². The smallest absolute Gasteiger partial charge is 0.130 e. The lowest BCUT2D eigenvalue weighted by Crippen LogP contribution is -3.00. The van der Waals surface area contributed by atoms with Crippen LogP contribution in [0.2, 0.25) is 0 Å². The van der Waals surface area contributed by atoms with Gasteiger partial charge in [-0.1, -0.05) is 43.3 Å². The van der Waals surface area contributed by atoms with Crippen LogP contribution in [0, 0.1) is 0 Å². The van der Waals surface area contributed by atoms with E-state index in [1.54, 1.807) is 0 Å². The summed E-state index contributed by atoms with van der Waals surface area (Å²) in [6.07, 6.45) is 1.000. The Hall–Kier alpha value is -1.25. The molecule has 0 heterocycles. The first kappa shape index (κ1) is 14.8. The molecule has 2 aromatic carbocycles. The second-order valence-corrected chi connectivity index (χ2v) is 4.08. The lowest BCUT2D eigenvalue weighted by Gasteiger charge is -2.13. The molecule has 0 unspecified atom stereocenters. The Morgan fingerprint density at radius 1 is 1.11 bits per heavy atom. The number of hydrogen-bond donors (Lipinski definition) is 1. The molecule has 2 nitrogen and oxygen atoms in total. The van der Waals surface area contributed by atoms with Gasteiger partial charge in [0, 0.05) is 11.9 Å². The summed E-state index contributed by atoms with van der Waals surface area (Å²) in [7, 11) is 1.94. The van der Waals surface area contributed by atoms with E-state index < -0.39 is 0 Å². The van der Waals surface area contributed by atoms with Gasteiger partial charge in [-0.3, -0.25) is 0 Å². The average Bonchev–Trinajstić information content (AvgIpc) is 2.39. The van der Waals surface area contributed by atoms with Gasteiger partial charge in [-0.05, 0) is 24.4 Å². The van der Waals surface area contributed by atoms with Gasteiger partial charge in [0.1, 0.15) is 12.4 Å². The zero-order chi connectivity index (χ0) is 12.1. The van der Waals surface area contributed by atoms with Gasteiger partial charge in [0.2, 0.25) is 0 Å². The molecule has 3 heteroatoms. The highest BCUT2D eigenvalue weighted by Gasteiger charge is 2.06. The number of aryl methyl sites for hydroxylation is 1. The first-order valence-corrected chi connectivity index (χ1v) is 6.15. The normalized spacial score (nSPS) is 10.1. The Morgan fingerprint density at radius 3 is 2.61 bits per heavy atom. The summed E-state index contributed by atoms with van der Waals surface area (Å²) < 4.78 is 5.92. The third-order valence-corrected chi connectivity index (χ3v) is 2.94. The van der Waals surface area contributed by atoms with Crippen molar-refractivity contribution in [1.82, 2.24) is 5.32 Å². The predicted octanol–water partition coefficient (Wildman–Crippen LogP) is 0.00440. The van der Waals surface area contributed by atoms with Crippen molar-refractivity contribution < 1.29 is 17.1 Å². The van der Waals surface area contributed by atoms with Crippen molar-refractivity contribution >= 4 is 10.8 Å². The van der Waals surface area contributed by atoms with Crippen LogP contribution in [0.25, 0.3) is 10.8 Å². The highest BCUT2D eigenvalue weighted by molar-refractivity contribution is 5.89. The van der Waals surface area contributed by atoms with Crippen molar-refractivity contribution in [3.05, 3.63) is 42.0 Å². The van der Waals surface area contributed by atoms with Crippen LogP contribution in [-0.4, -0.2) is 20.2 Å². The molecule has 0 spiro atoms. The van der Waals surface area contributed by atoms with E-state index >= 15 is 0 Å². The maximum Gasteiger partial charge on any atom is 0.130 e. The van der Waals surface area contributed by atoms with E-state index in [4.69, 9.17) is 4.74 Å². The van der Waals surface area contributed by atoms with E-state index in [-0.39, 0.29) is 12.4 Å². The predicted molar refractivity (Wildman–Crippen MR) is 72.7 cm³/mol. The SMILES string of the molecule is CCc1ccc2ccccc2c1OCCNC.[Cl-]. The topological polar surface area (TPSA) is 21.3 Å². The maximum absolute atomic E-state index is 5.92. The van der Waals surface area contributed by atoms with E-state index in [2.05, 4.69) is 48.6 Å².